The number of rotatable bonds is 65. The molecule has 0 aromatic heterocycles. The lowest BCUT2D eigenvalue weighted by Crippen LogP contribution is -2.29. The molecule has 2 atom stereocenters. The van der Waals surface area contributed by atoms with Crippen LogP contribution in [0.25, 0.3) is 0 Å². The summed E-state index contributed by atoms with van der Waals surface area (Å²) in [5, 5.41) is 0. The Labute approximate surface area is 495 Å². The Hall–Kier alpha value is -2.29. The third-order valence-corrected chi connectivity index (χ3v) is 16.2. The van der Waals surface area contributed by atoms with Crippen molar-refractivity contribution < 1.29 is 37.6 Å². The Balaban J connectivity index is 3.85. The van der Waals surface area contributed by atoms with Crippen LogP contribution < -0.4 is 5.73 Å². The minimum atomic E-state index is -4.39. The number of phosphoric ester groups is 1. The molecule has 0 aromatic rings. The van der Waals surface area contributed by atoms with Crippen molar-refractivity contribution in [3.05, 3.63) is 60.8 Å². The number of hydrogen-bond donors (Lipinski definition) is 2. The fourth-order valence-corrected chi connectivity index (χ4v) is 10.9. The van der Waals surface area contributed by atoms with Crippen molar-refractivity contribution in [2.75, 3.05) is 26.4 Å². The smallest absolute Gasteiger partial charge is 0.462 e. The Morgan fingerprint density at radius 3 is 1.02 bits per heavy atom. The maximum absolute atomic E-state index is 12.8. The lowest BCUT2D eigenvalue weighted by Gasteiger charge is -2.19. The van der Waals surface area contributed by atoms with E-state index in [0.717, 1.165) is 70.6 Å². The van der Waals surface area contributed by atoms with Crippen molar-refractivity contribution in [1.29, 1.82) is 0 Å². The number of carbonyl (C=O) groups is 2. The third kappa shape index (κ3) is 64.9. The van der Waals surface area contributed by atoms with Crippen molar-refractivity contribution in [3.8, 4) is 0 Å². The molecule has 0 heterocycles. The van der Waals surface area contributed by atoms with Crippen LogP contribution >= 0.6 is 7.82 Å². The van der Waals surface area contributed by atoms with Gasteiger partial charge in [-0.2, -0.15) is 0 Å². The van der Waals surface area contributed by atoms with Crippen LogP contribution in [0.3, 0.4) is 0 Å². The van der Waals surface area contributed by atoms with Gasteiger partial charge in [0.05, 0.1) is 13.2 Å². The highest BCUT2D eigenvalue weighted by Gasteiger charge is 2.26. The second-order valence-electron chi connectivity index (χ2n) is 23.0. The lowest BCUT2D eigenvalue weighted by molar-refractivity contribution is -0.161. The highest BCUT2D eigenvalue weighted by molar-refractivity contribution is 7.47. The van der Waals surface area contributed by atoms with E-state index in [1.807, 2.05) is 0 Å². The van der Waals surface area contributed by atoms with Gasteiger partial charge in [0.2, 0.25) is 0 Å². The van der Waals surface area contributed by atoms with E-state index >= 15 is 0 Å². The third-order valence-electron chi connectivity index (χ3n) is 15.2. The molecule has 0 bridgehead atoms. The molecule has 10 heteroatoms. The number of carbonyl (C=O) groups excluding carboxylic acids is 2. The van der Waals surface area contributed by atoms with Gasteiger partial charge in [-0.3, -0.25) is 18.6 Å². The van der Waals surface area contributed by atoms with E-state index in [9.17, 15) is 19.0 Å². The Morgan fingerprint density at radius 1 is 0.388 bits per heavy atom. The fourth-order valence-electron chi connectivity index (χ4n) is 10.1. The van der Waals surface area contributed by atoms with Crippen LogP contribution in [0, 0.1) is 0 Å². The van der Waals surface area contributed by atoms with E-state index in [2.05, 4.69) is 74.6 Å². The zero-order valence-corrected chi connectivity index (χ0v) is 53.5. The van der Waals surface area contributed by atoms with Crippen LogP contribution in [0.1, 0.15) is 341 Å². The fraction of sp³-hybridized carbons (Fsp3) is 0.829. The first kappa shape index (κ1) is 77.7. The highest BCUT2D eigenvalue weighted by atomic mass is 31.2. The molecule has 0 fully saturated rings. The first-order valence-electron chi connectivity index (χ1n) is 34.3. The van der Waals surface area contributed by atoms with E-state index in [-0.39, 0.29) is 38.6 Å². The highest BCUT2D eigenvalue weighted by Crippen LogP contribution is 2.43. The maximum Gasteiger partial charge on any atom is 0.472 e. The number of esters is 2. The molecule has 2 unspecified atom stereocenters. The van der Waals surface area contributed by atoms with Crippen molar-refractivity contribution in [2.24, 2.45) is 5.73 Å². The number of unbranched alkanes of at least 4 members (excludes halogenated alkanes) is 42. The van der Waals surface area contributed by atoms with Gasteiger partial charge in [-0.05, 0) is 57.8 Å². The van der Waals surface area contributed by atoms with E-state index in [1.54, 1.807) is 0 Å². The number of ether oxygens (including phenoxy) is 2. The summed E-state index contributed by atoms with van der Waals surface area (Å²) in [5.74, 6) is -0.810. The normalized spacial score (nSPS) is 13.3. The van der Waals surface area contributed by atoms with Gasteiger partial charge < -0.3 is 20.1 Å². The number of hydrogen-bond acceptors (Lipinski definition) is 8. The number of nitrogens with two attached hydrogens (primary N) is 1. The van der Waals surface area contributed by atoms with Gasteiger partial charge in [0.15, 0.2) is 6.10 Å². The quantitative estimate of drug-likeness (QED) is 0.0264. The van der Waals surface area contributed by atoms with Crippen LogP contribution in [0.5, 0.6) is 0 Å². The van der Waals surface area contributed by atoms with Crippen LogP contribution in [0.2, 0.25) is 0 Å². The van der Waals surface area contributed by atoms with Gasteiger partial charge in [0.1, 0.15) is 6.61 Å². The van der Waals surface area contributed by atoms with Gasteiger partial charge in [0.25, 0.3) is 0 Å². The summed E-state index contributed by atoms with van der Waals surface area (Å²) in [4.78, 5) is 35.3. The predicted octanol–water partition coefficient (Wildman–Crippen LogP) is 22.2. The van der Waals surface area contributed by atoms with Crippen LogP contribution in [-0.4, -0.2) is 49.3 Å². The first-order valence-corrected chi connectivity index (χ1v) is 35.8. The van der Waals surface area contributed by atoms with E-state index in [4.69, 9.17) is 24.3 Å². The molecule has 0 aliphatic carbocycles. The molecule has 0 aliphatic heterocycles. The Morgan fingerprint density at radius 2 is 0.688 bits per heavy atom. The molecule has 0 aliphatic rings. The zero-order valence-electron chi connectivity index (χ0n) is 52.6. The van der Waals surface area contributed by atoms with Crippen LogP contribution in [0.4, 0.5) is 0 Å². The Bertz CT molecular complexity index is 1490. The summed E-state index contributed by atoms with van der Waals surface area (Å²) in [6.07, 6.45) is 84.6. The summed E-state index contributed by atoms with van der Waals surface area (Å²) in [6, 6.07) is 0. The van der Waals surface area contributed by atoms with Gasteiger partial charge in [-0.1, -0.05) is 331 Å². The van der Waals surface area contributed by atoms with Crippen molar-refractivity contribution in [1.82, 2.24) is 0 Å². The van der Waals surface area contributed by atoms with Crippen molar-refractivity contribution >= 4 is 19.8 Å². The summed E-state index contributed by atoms with van der Waals surface area (Å²) in [7, 11) is -4.39. The van der Waals surface area contributed by atoms with Gasteiger partial charge in [-0.25, -0.2) is 4.57 Å². The average Bonchev–Trinajstić information content (AvgIpc) is 3.45. The SMILES string of the molecule is CC/C=C\C/C=C\C/C=C\C/C=C\C/C=C\CCCCCCCCCCCCCCCCCC(=O)OC(COC(=O)CCCCCCCCCCCCCCCCCCCCCCCCCCCCCC)COP(=O)(O)OCCN. The first-order chi connectivity index (χ1) is 39.3. The summed E-state index contributed by atoms with van der Waals surface area (Å²) < 4.78 is 33.2. The van der Waals surface area contributed by atoms with Crippen molar-refractivity contribution in [2.45, 2.75) is 347 Å². The molecule has 0 rings (SSSR count). The molecule has 80 heavy (non-hydrogen) atoms. The summed E-state index contributed by atoms with van der Waals surface area (Å²) in [5.41, 5.74) is 5.40. The van der Waals surface area contributed by atoms with Gasteiger partial charge in [-0.15, -0.1) is 0 Å². The average molecular weight is 1140 g/mol. The van der Waals surface area contributed by atoms with E-state index in [1.165, 1.54) is 238 Å². The minimum Gasteiger partial charge on any atom is -0.462 e. The summed E-state index contributed by atoms with van der Waals surface area (Å²) >= 11 is 0. The number of phosphoric acid groups is 1. The molecule has 3 N–H and O–H groups in total. The zero-order chi connectivity index (χ0) is 58.0. The Kier molecular flexibility index (Phi) is 64.0. The molecule has 0 aromatic carbocycles. The largest absolute Gasteiger partial charge is 0.472 e. The van der Waals surface area contributed by atoms with Crippen LogP contribution in [0.15, 0.2) is 60.8 Å². The van der Waals surface area contributed by atoms with Crippen LogP contribution in [-0.2, 0) is 32.7 Å². The molecule has 0 saturated carbocycles. The second-order valence-corrected chi connectivity index (χ2v) is 24.5. The number of allylic oxidation sites excluding steroid dienone is 10. The molecule has 0 spiro atoms. The lowest BCUT2D eigenvalue weighted by atomic mass is 10.0. The molecular formula is C70H130NO8P. The topological polar surface area (TPSA) is 134 Å². The van der Waals surface area contributed by atoms with Crippen molar-refractivity contribution in [3.63, 3.8) is 0 Å². The minimum absolute atomic E-state index is 0.0542. The summed E-state index contributed by atoms with van der Waals surface area (Å²) in [6.45, 7) is 3.69. The van der Waals surface area contributed by atoms with E-state index < -0.39 is 26.5 Å². The monoisotopic (exact) mass is 1140 g/mol. The molecule has 9 nitrogen and oxygen atoms in total. The predicted molar refractivity (Wildman–Crippen MR) is 344 cm³/mol. The standard InChI is InChI=1S/C70H130NO8P/c1-3-5-7-9-11-13-15-17-19-21-23-25-27-29-31-33-34-35-37-39-41-43-45-47-49-51-53-55-57-59-61-63-70(73)79-68(67-78-80(74,75)77-65-64-71)66-76-69(72)62-60-58-56-54-52-50-48-46-44-42-40-38-36-32-30-28-26-24-22-20-18-16-14-12-10-8-6-4-2/h5,7,11,13,17,19,23,25,29,31,68H,3-4,6,8-10,12,14-16,18,20-22,24,26-28,30,32-67,71H2,1-2H3,(H,74,75)/b7-5-,13-11-,19-17-,25-23-,31-29-. The molecule has 0 saturated heterocycles. The molecule has 468 valence electrons. The van der Waals surface area contributed by atoms with E-state index in [0.29, 0.717) is 6.42 Å². The van der Waals surface area contributed by atoms with Gasteiger partial charge >= 0.3 is 19.8 Å². The maximum atomic E-state index is 12.8. The second kappa shape index (κ2) is 65.9. The molecule has 0 radical (unpaired) electrons. The molecular weight excluding hydrogens is 1010 g/mol. The van der Waals surface area contributed by atoms with Gasteiger partial charge in [0, 0.05) is 19.4 Å². The molecule has 0 amide bonds.